The van der Waals surface area contributed by atoms with Crippen LogP contribution in [0.4, 0.5) is 17.1 Å². The Hall–Kier alpha value is -6.51. The number of rotatable bonds is 10. The Morgan fingerprint density at radius 2 is 1.02 bits per heavy atom. The second kappa shape index (κ2) is 18.9. The summed E-state index contributed by atoms with van der Waals surface area (Å²) in [5.41, 5.74) is 8.42. The summed E-state index contributed by atoms with van der Waals surface area (Å²) in [6.07, 6.45) is 3.05. The Kier molecular flexibility index (Phi) is 14.3. The first-order valence-electron chi connectivity index (χ1n) is 16.2. The number of nitrogens with zero attached hydrogens (tertiary/aromatic N) is 4. The number of hydrogen-bond donors (Lipinski definition) is 4. The molecule has 0 spiro atoms. The second-order valence-corrected chi connectivity index (χ2v) is 15.2. The number of ether oxygens (including phenoxy) is 4. The molecule has 0 radical (unpaired) electrons. The van der Waals surface area contributed by atoms with Crippen LogP contribution in [0.15, 0.2) is 95.0 Å². The number of methoxy groups -OCH3 is 4. The predicted octanol–water partition coefficient (Wildman–Crippen LogP) is 4.61. The highest BCUT2D eigenvalue weighted by atomic mass is 35.5. The van der Waals surface area contributed by atoms with Gasteiger partial charge in [-0.3, -0.25) is 9.59 Å². The van der Waals surface area contributed by atoms with Gasteiger partial charge in [0, 0.05) is 48.1 Å². The zero-order valence-corrected chi connectivity index (χ0v) is 33.6. The van der Waals surface area contributed by atoms with Gasteiger partial charge < -0.3 is 30.0 Å². The lowest BCUT2D eigenvalue weighted by atomic mass is 10.1. The third kappa shape index (κ3) is 11.3. The molecule has 0 aliphatic rings. The molecule has 0 aliphatic heterocycles. The summed E-state index contributed by atoms with van der Waals surface area (Å²) in [7, 11) is -1.39. The molecule has 2 amide bonds. The van der Waals surface area contributed by atoms with Crippen LogP contribution in [0.1, 0.15) is 13.8 Å². The van der Waals surface area contributed by atoms with Crippen molar-refractivity contribution in [3.63, 3.8) is 0 Å². The molecule has 18 nitrogen and oxygen atoms in total. The Labute approximate surface area is 332 Å². The van der Waals surface area contributed by atoms with E-state index in [2.05, 4.69) is 25.7 Å². The van der Waals surface area contributed by atoms with Crippen LogP contribution in [0.3, 0.4) is 0 Å². The van der Waals surface area contributed by atoms with E-state index in [1.54, 1.807) is 63.9 Å². The van der Waals surface area contributed by atoms with Crippen LogP contribution in [-0.4, -0.2) is 77.5 Å². The number of benzene rings is 4. The van der Waals surface area contributed by atoms with E-state index < -0.39 is 31.9 Å². The number of amides is 2. The molecule has 5 N–H and O–H groups in total. The minimum Gasteiger partial charge on any atom is -0.493 e. The van der Waals surface area contributed by atoms with E-state index in [1.165, 1.54) is 49.7 Å². The number of carbonyl (C=O) groups is 2. The highest BCUT2D eigenvalue weighted by Crippen LogP contribution is 2.35. The number of carbonyl (C=O) groups excluding carboxylic acids is 2. The standard InChI is InChI=1S/C18H18N4O5S.C10H9ClN2O2.C8H10N2O3S/c1-11(23)22-28(24,25)13-6-4-12(5-7-13)20-16-10-19-21-15-9-18(27-3)17(26-2)8-14(15)16;1-14-9-3-6-7(11)5-12-13-8(6)4-10(9)15-2;1-6(11)10-14(12,13)8-4-2-7(9)3-5-8/h4-10H,1-3H3,(H,20,21)(H,22,23);3-5H,1-2H3;2-5H,9H2,1H3,(H,10,11). The number of nitrogens with one attached hydrogen (secondary N) is 3. The van der Waals surface area contributed by atoms with Gasteiger partial charge in [-0.2, -0.15) is 20.4 Å². The molecule has 6 aromatic rings. The van der Waals surface area contributed by atoms with Gasteiger partial charge >= 0.3 is 0 Å². The topological polar surface area (TPSA) is 253 Å². The molecule has 0 bridgehead atoms. The van der Waals surface area contributed by atoms with E-state index in [0.717, 1.165) is 24.6 Å². The summed E-state index contributed by atoms with van der Waals surface area (Å²) in [6, 6.07) is 18.6. The maximum absolute atomic E-state index is 12.0. The summed E-state index contributed by atoms with van der Waals surface area (Å²) in [4.78, 5) is 21.6. The van der Waals surface area contributed by atoms with Crippen molar-refractivity contribution >= 4 is 82.3 Å². The zero-order chi connectivity index (χ0) is 41.9. The van der Waals surface area contributed by atoms with Crippen molar-refractivity contribution in [2.75, 3.05) is 39.5 Å². The lowest BCUT2D eigenvalue weighted by Gasteiger charge is -2.12. The SMILES string of the molecule is CC(=O)NS(=O)(=O)c1ccc(N)cc1.COc1cc2nncc(Cl)c2cc1OC.COc1cc2nncc(Nc3ccc(S(=O)(=O)NC(C)=O)cc3)c2cc1OC. The van der Waals surface area contributed by atoms with E-state index >= 15 is 0 Å². The first-order valence-corrected chi connectivity index (χ1v) is 19.6. The molecule has 57 heavy (non-hydrogen) atoms. The summed E-state index contributed by atoms with van der Waals surface area (Å²) < 4.78 is 71.5. The average Bonchev–Trinajstić information content (AvgIpc) is 3.17. The molecule has 300 valence electrons. The minimum absolute atomic E-state index is 0.0156. The highest BCUT2D eigenvalue weighted by molar-refractivity contribution is 7.90. The molecule has 2 heterocycles. The molecule has 0 atom stereocenters. The fourth-order valence-corrected chi connectivity index (χ4v) is 7.03. The lowest BCUT2D eigenvalue weighted by molar-refractivity contribution is -0.118. The molecular formula is C36H37ClN8O10S2. The number of hydrogen-bond acceptors (Lipinski definition) is 16. The monoisotopic (exact) mass is 840 g/mol. The summed E-state index contributed by atoms with van der Waals surface area (Å²) in [5, 5.41) is 21.1. The number of fused-ring (bicyclic) bond motifs is 2. The van der Waals surface area contributed by atoms with Crippen molar-refractivity contribution in [3.8, 4) is 23.0 Å². The van der Waals surface area contributed by atoms with Crippen LogP contribution >= 0.6 is 11.6 Å². The van der Waals surface area contributed by atoms with Crippen LogP contribution in [0.25, 0.3) is 21.8 Å². The molecule has 0 saturated heterocycles. The number of aromatic nitrogens is 4. The van der Waals surface area contributed by atoms with Gasteiger partial charge in [-0.15, -0.1) is 0 Å². The van der Waals surface area contributed by atoms with Gasteiger partial charge in [0.25, 0.3) is 20.0 Å². The normalized spacial score (nSPS) is 10.9. The number of nitrogens with two attached hydrogens (primary N) is 1. The van der Waals surface area contributed by atoms with Crippen LogP contribution in [0.2, 0.25) is 5.02 Å². The van der Waals surface area contributed by atoms with E-state index in [4.69, 9.17) is 36.3 Å². The smallest absolute Gasteiger partial charge is 0.264 e. The average molecular weight is 841 g/mol. The van der Waals surface area contributed by atoms with Crippen molar-refractivity contribution < 1.29 is 45.4 Å². The summed E-state index contributed by atoms with van der Waals surface area (Å²) >= 11 is 5.98. The quantitative estimate of drug-likeness (QED) is 0.137. The first-order chi connectivity index (χ1) is 27.0. The maximum Gasteiger partial charge on any atom is 0.264 e. The van der Waals surface area contributed by atoms with Gasteiger partial charge in [0.15, 0.2) is 23.0 Å². The van der Waals surface area contributed by atoms with Crippen molar-refractivity contribution in [2.24, 2.45) is 0 Å². The van der Waals surface area contributed by atoms with Crippen molar-refractivity contribution in [1.29, 1.82) is 0 Å². The Balaban J connectivity index is 0.000000209. The third-order valence-corrected chi connectivity index (χ3v) is 10.6. The molecule has 0 saturated carbocycles. The highest BCUT2D eigenvalue weighted by Gasteiger charge is 2.17. The Morgan fingerprint density at radius 1 is 0.614 bits per heavy atom. The van der Waals surface area contributed by atoms with Crippen LogP contribution in [-0.2, 0) is 29.6 Å². The van der Waals surface area contributed by atoms with Crippen molar-refractivity contribution in [1.82, 2.24) is 29.8 Å². The van der Waals surface area contributed by atoms with Crippen molar-refractivity contribution in [2.45, 2.75) is 23.6 Å². The minimum atomic E-state index is -3.88. The van der Waals surface area contributed by atoms with Gasteiger partial charge in [-0.25, -0.2) is 26.3 Å². The third-order valence-electron chi connectivity index (χ3n) is 7.43. The fraction of sp³-hybridized carbons (Fsp3) is 0.167. The lowest BCUT2D eigenvalue weighted by Crippen LogP contribution is -2.28. The van der Waals surface area contributed by atoms with Gasteiger partial charge in [-0.1, -0.05) is 11.6 Å². The predicted molar refractivity (Wildman–Crippen MR) is 213 cm³/mol. The molecular weight excluding hydrogens is 804 g/mol. The van der Waals surface area contributed by atoms with Crippen LogP contribution in [0.5, 0.6) is 23.0 Å². The molecule has 0 unspecified atom stereocenters. The van der Waals surface area contributed by atoms with Gasteiger partial charge in [0.2, 0.25) is 11.8 Å². The Morgan fingerprint density at radius 3 is 1.47 bits per heavy atom. The molecule has 0 aliphatic carbocycles. The van der Waals surface area contributed by atoms with Crippen LogP contribution < -0.4 is 39.4 Å². The van der Waals surface area contributed by atoms with E-state index in [-0.39, 0.29) is 9.79 Å². The fourth-order valence-electron chi connectivity index (χ4n) is 4.85. The molecule has 2 aromatic heterocycles. The van der Waals surface area contributed by atoms with E-state index in [9.17, 15) is 26.4 Å². The number of nitrogen functional groups attached to an aromatic ring is 1. The van der Waals surface area contributed by atoms with E-state index in [0.29, 0.717) is 56.1 Å². The molecule has 4 aromatic carbocycles. The molecule has 6 rings (SSSR count). The molecule has 0 fully saturated rings. The Bertz CT molecular complexity index is 2620. The van der Waals surface area contributed by atoms with Crippen molar-refractivity contribution in [3.05, 3.63) is 90.2 Å². The summed E-state index contributed by atoms with van der Waals surface area (Å²) in [6.45, 7) is 2.27. The van der Waals surface area contributed by atoms with Gasteiger partial charge in [0.05, 0.1) is 72.4 Å². The summed E-state index contributed by atoms with van der Waals surface area (Å²) in [5.74, 6) is 1.04. The molecule has 21 heteroatoms. The van der Waals surface area contributed by atoms with E-state index in [1.807, 2.05) is 9.44 Å². The number of anilines is 3. The zero-order valence-electron chi connectivity index (χ0n) is 31.2. The number of halogens is 1. The number of sulfonamides is 2. The maximum atomic E-state index is 12.0. The van der Waals surface area contributed by atoms with Gasteiger partial charge in [-0.05, 0) is 60.7 Å². The first kappa shape index (κ1) is 43.2. The second-order valence-electron chi connectivity index (χ2n) is 11.4. The largest absolute Gasteiger partial charge is 0.493 e. The van der Waals surface area contributed by atoms with Gasteiger partial charge in [0.1, 0.15) is 0 Å². The van der Waals surface area contributed by atoms with Crippen LogP contribution in [0, 0.1) is 0 Å².